The van der Waals surface area contributed by atoms with Crippen LogP contribution in [0.1, 0.15) is 39.3 Å². The number of aliphatic hydroxyl groups is 1. The lowest BCUT2D eigenvalue weighted by molar-refractivity contribution is 0.170. The van der Waals surface area contributed by atoms with Crippen LogP contribution in [-0.2, 0) is 4.43 Å². The number of hydrogen-bond donors (Lipinski definition) is 2. The van der Waals surface area contributed by atoms with Crippen molar-refractivity contribution in [2.75, 3.05) is 13.2 Å². The van der Waals surface area contributed by atoms with Crippen molar-refractivity contribution >= 4 is 8.32 Å². The second-order valence-corrected chi connectivity index (χ2v) is 11.8. The van der Waals surface area contributed by atoms with Crippen molar-refractivity contribution in [3.05, 3.63) is 24.0 Å². The molecule has 0 radical (unpaired) electrons. The molecule has 3 nitrogen and oxygen atoms in total. The molecule has 110 valence electrons. The summed E-state index contributed by atoms with van der Waals surface area (Å²) in [7, 11) is -1.70. The lowest BCUT2D eigenvalue weighted by Gasteiger charge is -2.37. The van der Waals surface area contributed by atoms with E-state index in [0.29, 0.717) is 12.5 Å². The van der Waals surface area contributed by atoms with Crippen molar-refractivity contribution in [3.8, 4) is 0 Å². The van der Waals surface area contributed by atoms with Crippen LogP contribution in [0.15, 0.2) is 18.3 Å². The van der Waals surface area contributed by atoms with Crippen LogP contribution in [0.2, 0.25) is 18.1 Å². The summed E-state index contributed by atoms with van der Waals surface area (Å²) in [5, 5.41) is 9.82. The van der Waals surface area contributed by atoms with E-state index in [-0.39, 0.29) is 17.6 Å². The van der Waals surface area contributed by atoms with Crippen LogP contribution in [-0.4, -0.2) is 31.6 Å². The molecule has 1 heterocycles. The van der Waals surface area contributed by atoms with Crippen molar-refractivity contribution in [1.82, 2.24) is 4.98 Å². The molecule has 0 amide bonds. The summed E-state index contributed by atoms with van der Waals surface area (Å²) in [5.74, 6) is 0.428. The van der Waals surface area contributed by atoms with Gasteiger partial charge in [-0.15, -0.1) is 0 Å². The summed E-state index contributed by atoms with van der Waals surface area (Å²) in [5.41, 5.74) is 1.09. The lowest BCUT2D eigenvalue weighted by atomic mass is 9.93. The Morgan fingerprint density at radius 1 is 1.37 bits per heavy atom. The molecule has 19 heavy (non-hydrogen) atoms. The van der Waals surface area contributed by atoms with Crippen LogP contribution in [0, 0.1) is 5.92 Å². The van der Waals surface area contributed by atoms with Crippen molar-refractivity contribution in [1.29, 1.82) is 0 Å². The van der Waals surface area contributed by atoms with Crippen molar-refractivity contribution in [3.63, 3.8) is 0 Å². The normalized spacial score (nSPS) is 16.4. The molecule has 2 N–H and O–H groups in total. The Kier molecular flexibility index (Phi) is 5.41. The first-order chi connectivity index (χ1) is 8.69. The molecule has 0 aliphatic carbocycles. The average molecular weight is 283 g/mol. The molecule has 4 heteroatoms. The predicted molar refractivity (Wildman–Crippen MR) is 82.9 cm³/mol. The molecular formula is C15H29NO2Si. The number of rotatable bonds is 6. The van der Waals surface area contributed by atoms with Gasteiger partial charge in [-0.25, -0.2) is 0 Å². The van der Waals surface area contributed by atoms with Crippen molar-refractivity contribution in [2.24, 2.45) is 5.92 Å². The molecule has 2 atom stereocenters. The fraction of sp³-hybridized carbons (Fsp3) is 0.733. The monoisotopic (exact) mass is 283 g/mol. The Labute approximate surface area is 118 Å². The zero-order valence-corrected chi connectivity index (χ0v) is 14.2. The number of nitrogens with one attached hydrogen (secondary N) is 1. The smallest absolute Gasteiger partial charge is 0.191 e. The van der Waals surface area contributed by atoms with E-state index in [4.69, 9.17) is 4.43 Å². The van der Waals surface area contributed by atoms with Crippen LogP contribution in [0.3, 0.4) is 0 Å². The van der Waals surface area contributed by atoms with Gasteiger partial charge in [-0.2, -0.15) is 0 Å². The summed E-state index contributed by atoms with van der Waals surface area (Å²) in [4.78, 5) is 3.19. The number of aromatic amines is 1. The van der Waals surface area contributed by atoms with Crippen molar-refractivity contribution in [2.45, 2.75) is 51.7 Å². The third-order valence-corrected chi connectivity index (χ3v) is 8.92. The molecule has 0 saturated heterocycles. The number of aliphatic hydroxyl groups excluding tert-OH is 1. The third kappa shape index (κ3) is 4.19. The Balaban J connectivity index is 2.62. The zero-order valence-electron chi connectivity index (χ0n) is 13.2. The molecule has 0 aromatic carbocycles. The van der Waals surface area contributed by atoms with Gasteiger partial charge in [0.2, 0.25) is 0 Å². The molecular weight excluding hydrogens is 254 g/mol. The molecule has 0 saturated carbocycles. The molecule has 0 spiro atoms. The third-order valence-electron chi connectivity index (χ3n) is 4.42. The van der Waals surface area contributed by atoms with Gasteiger partial charge in [-0.05, 0) is 36.2 Å². The van der Waals surface area contributed by atoms with Crippen LogP contribution in [0.4, 0.5) is 0 Å². The Morgan fingerprint density at radius 2 is 2.00 bits per heavy atom. The second-order valence-electron chi connectivity index (χ2n) is 6.96. The number of hydrogen-bond acceptors (Lipinski definition) is 2. The van der Waals surface area contributed by atoms with E-state index >= 15 is 0 Å². The van der Waals surface area contributed by atoms with Gasteiger partial charge in [0.15, 0.2) is 8.32 Å². The minimum Gasteiger partial charge on any atom is -0.417 e. The van der Waals surface area contributed by atoms with Gasteiger partial charge < -0.3 is 14.5 Å². The summed E-state index contributed by atoms with van der Waals surface area (Å²) < 4.78 is 6.25. The Morgan fingerprint density at radius 3 is 2.42 bits per heavy atom. The zero-order chi connectivity index (χ0) is 14.7. The largest absolute Gasteiger partial charge is 0.417 e. The van der Waals surface area contributed by atoms with E-state index in [1.54, 1.807) is 0 Å². The minimum absolute atomic E-state index is 0.125. The van der Waals surface area contributed by atoms with Crippen LogP contribution >= 0.6 is 0 Å². The summed E-state index contributed by atoms with van der Waals surface area (Å²) in [6.07, 6.45) is 1.90. The topological polar surface area (TPSA) is 45.2 Å². The van der Waals surface area contributed by atoms with Gasteiger partial charge in [-0.1, -0.05) is 27.7 Å². The highest BCUT2D eigenvalue weighted by Gasteiger charge is 2.37. The predicted octanol–water partition coefficient (Wildman–Crippen LogP) is 3.75. The van der Waals surface area contributed by atoms with Gasteiger partial charge in [0, 0.05) is 24.4 Å². The second kappa shape index (κ2) is 6.24. The first-order valence-corrected chi connectivity index (χ1v) is 9.98. The summed E-state index contributed by atoms with van der Waals surface area (Å²) in [6, 6.07) is 4.00. The standard InChI is InChI=1S/C15H29NO2Si/c1-12(11-18-19(5,6)15(2,3)4)13(10-17)14-8-7-9-16-14/h7-9,12-13,16-17H,10-11H2,1-6H3. The number of aromatic nitrogens is 1. The Bertz CT molecular complexity index is 368. The van der Waals surface area contributed by atoms with Gasteiger partial charge >= 0.3 is 0 Å². The molecule has 0 bridgehead atoms. The highest BCUT2D eigenvalue weighted by Crippen LogP contribution is 2.37. The lowest BCUT2D eigenvalue weighted by Crippen LogP contribution is -2.42. The van der Waals surface area contributed by atoms with E-state index in [9.17, 15) is 5.11 Å². The molecule has 0 fully saturated rings. The van der Waals surface area contributed by atoms with E-state index in [0.717, 1.165) is 5.69 Å². The van der Waals surface area contributed by atoms with Crippen molar-refractivity contribution < 1.29 is 9.53 Å². The van der Waals surface area contributed by atoms with E-state index in [1.165, 1.54) is 0 Å². The quantitative estimate of drug-likeness (QED) is 0.781. The fourth-order valence-corrected chi connectivity index (χ4v) is 2.94. The van der Waals surface area contributed by atoms with E-state index in [1.807, 2.05) is 18.3 Å². The molecule has 2 unspecified atom stereocenters. The van der Waals surface area contributed by atoms with Gasteiger partial charge in [0.1, 0.15) is 0 Å². The first kappa shape index (κ1) is 16.5. The fourth-order valence-electron chi connectivity index (χ4n) is 1.83. The average Bonchev–Trinajstić information content (AvgIpc) is 2.79. The highest BCUT2D eigenvalue weighted by atomic mass is 28.4. The van der Waals surface area contributed by atoms with Crippen LogP contribution in [0.25, 0.3) is 0 Å². The molecule has 1 aromatic rings. The van der Waals surface area contributed by atoms with E-state index < -0.39 is 8.32 Å². The summed E-state index contributed by atoms with van der Waals surface area (Å²) in [6.45, 7) is 14.3. The molecule has 0 aliphatic rings. The van der Waals surface area contributed by atoms with Crippen LogP contribution in [0.5, 0.6) is 0 Å². The molecule has 0 aliphatic heterocycles. The Hall–Kier alpha value is -0.583. The SMILES string of the molecule is CC(CO[Si](C)(C)C(C)(C)C)C(CO)c1ccc[nH]1. The molecule has 1 aromatic heterocycles. The minimum atomic E-state index is -1.70. The maximum atomic E-state index is 9.59. The molecule has 1 rings (SSSR count). The van der Waals surface area contributed by atoms with Gasteiger partial charge in [0.25, 0.3) is 0 Å². The highest BCUT2D eigenvalue weighted by molar-refractivity contribution is 6.74. The van der Waals surface area contributed by atoms with E-state index in [2.05, 4.69) is 45.8 Å². The first-order valence-electron chi connectivity index (χ1n) is 7.07. The maximum absolute atomic E-state index is 9.59. The maximum Gasteiger partial charge on any atom is 0.191 e. The summed E-state index contributed by atoms with van der Waals surface area (Å²) >= 11 is 0. The van der Waals surface area contributed by atoms with Gasteiger partial charge in [-0.3, -0.25) is 0 Å². The van der Waals surface area contributed by atoms with Crippen LogP contribution < -0.4 is 0 Å². The van der Waals surface area contributed by atoms with Gasteiger partial charge in [0.05, 0.1) is 6.61 Å². The number of H-pyrrole nitrogens is 1.